The second kappa shape index (κ2) is 5.33. The second-order valence-corrected chi connectivity index (χ2v) is 4.21. The maximum Gasteiger partial charge on any atom is 0.190 e. The molecule has 4 heteroatoms. The van der Waals surface area contributed by atoms with Crippen LogP contribution < -0.4 is 0 Å². The maximum absolute atomic E-state index is 9.22. The fourth-order valence-electron chi connectivity index (χ4n) is 2.05. The van der Waals surface area contributed by atoms with Crippen molar-refractivity contribution in [3.63, 3.8) is 0 Å². The summed E-state index contributed by atoms with van der Waals surface area (Å²) < 4.78 is 1.53. The zero-order valence-electron chi connectivity index (χ0n) is 10.3. The van der Waals surface area contributed by atoms with E-state index in [2.05, 4.69) is 24.2 Å². The number of fused-ring (bicyclic) bond motifs is 1. The Bertz CT molecular complexity index is 640. The first-order chi connectivity index (χ1) is 8.81. The van der Waals surface area contributed by atoms with Crippen molar-refractivity contribution in [2.24, 2.45) is 0 Å². The Hall–Kier alpha value is -2.33. The molecule has 2 aromatic rings. The van der Waals surface area contributed by atoms with E-state index in [1.807, 2.05) is 6.07 Å². The molecule has 0 radical (unpaired) electrons. The van der Waals surface area contributed by atoms with Crippen LogP contribution in [0.2, 0.25) is 0 Å². The van der Waals surface area contributed by atoms with Crippen molar-refractivity contribution >= 4 is 11.0 Å². The van der Waals surface area contributed by atoms with Crippen LogP contribution in [0.5, 0.6) is 0 Å². The molecule has 1 aromatic carbocycles. The molecule has 0 N–H and O–H groups in total. The largest absolute Gasteiger partial charge is 0.232 e. The molecule has 1 heterocycles. The van der Waals surface area contributed by atoms with Crippen LogP contribution in [0.1, 0.15) is 37.6 Å². The number of rotatable bonds is 4. The van der Waals surface area contributed by atoms with Crippen molar-refractivity contribution in [1.82, 2.24) is 9.55 Å². The molecule has 4 nitrogen and oxygen atoms in total. The first kappa shape index (κ1) is 12.1. The Labute approximate surface area is 106 Å². The average molecular weight is 238 g/mol. The highest BCUT2D eigenvalue weighted by Crippen LogP contribution is 2.20. The summed E-state index contributed by atoms with van der Waals surface area (Å²) in [6.45, 7) is 2.14. The standard InChI is InChI=1S/C14H14N4/c1-2-3-4-8-13-17-14-11(9-15)6-5-7-12(14)18(13)10-16/h5-7H,2-4,8H2,1H3. The third-order valence-electron chi connectivity index (χ3n) is 2.98. The zero-order chi connectivity index (χ0) is 13.0. The summed E-state index contributed by atoms with van der Waals surface area (Å²) in [5.74, 6) is 0.753. The zero-order valence-corrected chi connectivity index (χ0v) is 10.3. The van der Waals surface area contributed by atoms with Gasteiger partial charge in [-0.25, -0.2) is 9.55 Å². The number of aromatic nitrogens is 2. The van der Waals surface area contributed by atoms with Crippen LogP contribution in [-0.2, 0) is 6.42 Å². The van der Waals surface area contributed by atoms with Gasteiger partial charge in [-0.3, -0.25) is 0 Å². The van der Waals surface area contributed by atoms with Crippen LogP contribution in [0.15, 0.2) is 18.2 Å². The molecule has 0 amide bonds. The molecule has 0 spiro atoms. The van der Waals surface area contributed by atoms with Crippen LogP contribution >= 0.6 is 0 Å². The quantitative estimate of drug-likeness (QED) is 0.769. The van der Waals surface area contributed by atoms with Crippen LogP contribution in [0.25, 0.3) is 11.0 Å². The molecule has 18 heavy (non-hydrogen) atoms. The summed E-state index contributed by atoms with van der Waals surface area (Å²) in [5.41, 5.74) is 1.88. The molecule has 0 aliphatic rings. The van der Waals surface area contributed by atoms with Gasteiger partial charge < -0.3 is 0 Å². The van der Waals surface area contributed by atoms with Crippen molar-refractivity contribution in [3.05, 3.63) is 29.6 Å². The fraction of sp³-hybridized carbons (Fsp3) is 0.357. The molecule has 0 aliphatic heterocycles. The molecule has 0 bridgehead atoms. The van der Waals surface area contributed by atoms with Crippen LogP contribution in [0, 0.1) is 22.8 Å². The summed E-state index contributed by atoms with van der Waals surface area (Å²) in [6.07, 6.45) is 6.20. The molecule has 0 unspecified atom stereocenters. The summed E-state index contributed by atoms with van der Waals surface area (Å²) in [6, 6.07) is 7.46. The Morgan fingerprint density at radius 2 is 2.11 bits per heavy atom. The lowest BCUT2D eigenvalue weighted by molar-refractivity contribution is 0.690. The van der Waals surface area contributed by atoms with E-state index in [9.17, 15) is 5.26 Å². The number of nitriles is 2. The van der Waals surface area contributed by atoms with Gasteiger partial charge in [0.2, 0.25) is 0 Å². The third-order valence-corrected chi connectivity index (χ3v) is 2.98. The molecule has 90 valence electrons. The van der Waals surface area contributed by atoms with Gasteiger partial charge in [0.15, 0.2) is 6.19 Å². The Morgan fingerprint density at radius 3 is 2.78 bits per heavy atom. The SMILES string of the molecule is CCCCCc1nc2c(C#N)cccc2n1C#N. The molecular weight excluding hydrogens is 224 g/mol. The Balaban J connectivity index is 2.48. The van der Waals surface area contributed by atoms with Gasteiger partial charge in [-0.2, -0.15) is 10.5 Å². The monoisotopic (exact) mass is 238 g/mol. The van der Waals surface area contributed by atoms with Gasteiger partial charge in [0.1, 0.15) is 17.4 Å². The highest BCUT2D eigenvalue weighted by atomic mass is 15.1. The van der Waals surface area contributed by atoms with E-state index in [0.29, 0.717) is 11.1 Å². The van der Waals surface area contributed by atoms with E-state index >= 15 is 0 Å². The highest BCUT2D eigenvalue weighted by molar-refractivity contribution is 5.82. The lowest BCUT2D eigenvalue weighted by Gasteiger charge is -1.98. The third kappa shape index (κ3) is 2.06. The predicted octanol–water partition coefficient (Wildman–Crippen LogP) is 2.97. The van der Waals surface area contributed by atoms with Gasteiger partial charge in [0.05, 0.1) is 11.1 Å². The topological polar surface area (TPSA) is 65.4 Å². The lowest BCUT2D eigenvalue weighted by atomic mass is 10.2. The van der Waals surface area contributed by atoms with Gasteiger partial charge in [0, 0.05) is 6.42 Å². The van der Waals surface area contributed by atoms with E-state index in [4.69, 9.17) is 5.26 Å². The first-order valence-electron chi connectivity index (χ1n) is 6.12. The summed E-state index contributed by atoms with van der Waals surface area (Å²) >= 11 is 0. The Morgan fingerprint density at radius 1 is 1.28 bits per heavy atom. The first-order valence-corrected chi connectivity index (χ1v) is 6.12. The number of nitrogens with zero attached hydrogens (tertiary/aromatic N) is 4. The number of benzene rings is 1. The number of hydrogen-bond acceptors (Lipinski definition) is 3. The van der Waals surface area contributed by atoms with Crippen molar-refractivity contribution in [1.29, 1.82) is 10.5 Å². The van der Waals surface area contributed by atoms with E-state index in [-0.39, 0.29) is 0 Å². The predicted molar refractivity (Wildman–Crippen MR) is 68.7 cm³/mol. The molecule has 0 atom stereocenters. The minimum Gasteiger partial charge on any atom is -0.232 e. The van der Waals surface area contributed by atoms with Gasteiger partial charge in [-0.05, 0) is 18.6 Å². The number of para-hydroxylation sites is 1. The number of aryl methyl sites for hydroxylation is 1. The minimum atomic E-state index is 0.526. The molecule has 2 rings (SSSR count). The van der Waals surface area contributed by atoms with Gasteiger partial charge in [-0.1, -0.05) is 25.8 Å². The van der Waals surface area contributed by atoms with Gasteiger partial charge in [-0.15, -0.1) is 0 Å². The second-order valence-electron chi connectivity index (χ2n) is 4.21. The number of imidazole rings is 1. The van der Waals surface area contributed by atoms with Crippen LogP contribution in [0.3, 0.4) is 0 Å². The van der Waals surface area contributed by atoms with Crippen molar-refractivity contribution in [3.8, 4) is 12.3 Å². The Kier molecular flexibility index (Phi) is 3.60. The van der Waals surface area contributed by atoms with E-state index in [0.717, 1.165) is 37.0 Å². The smallest absolute Gasteiger partial charge is 0.190 e. The summed E-state index contributed by atoms with van der Waals surface area (Å²) in [7, 11) is 0. The molecule has 0 aliphatic carbocycles. The van der Waals surface area contributed by atoms with Crippen molar-refractivity contribution in [2.75, 3.05) is 0 Å². The molecule has 0 saturated heterocycles. The number of hydrogen-bond donors (Lipinski definition) is 0. The normalized spacial score (nSPS) is 10.2. The average Bonchev–Trinajstić information content (AvgIpc) is 2.76. The molecule has 0 fully saturated rings. The highest BCUT2D eigenvalue weighted by Gasteiger charge is 2.12. The van der Waals surface area contributed by atoms with Gasteiger partial charge >= 0.3 is 0 Å². The molecule has 0 saturated carbocycles. The maximum atomic E-state index is 9.22. The number of unbranched alkanes of at least 4 members (excludes halogenated alkanes) is 2. The minimum absolute atomic E-state index is 0.526. The molecule has 1 aromatic heterocycles. The van der Waals surface area contributed by atoms with E-state index in [1.54, 1.807) is 12.1 Å². The van der Waals surface area contributed by atoms with Crippen LogP contribution in [0.4, 0.5) is 0 Å². The summed E-state index contributed by atoms with van der Waals surface area (Å²) in [5, 5.41) is 18.3. The van der Waals surface area contributed by atoms with Crippen molar-refractivity contribution in [2.45, 2.75) is 32.6 Å². The van der Waals surface area contributed by atoms with Crippen LogP contribution in [-0.4, -0.2) is 9.55 Å². The summed E-state index contributed by atoms with van der Waals surface area (Å²) in [4.78, 5) is 4.44. The van der Waals surface area contributed by atoms with E-state index < -0.39 is 0 Å². The van der Waals surface area contributed by atoms with Gasteiger partial charge in [0.25, 0.3) is 0 Å². The lowest BCUT2D eigenvalue weighted by Crippen LogP contribution is -1.97. The fourth-order valence-corrected chi connectivity index (χ4v) is 2.05. The van der Waals surface area contributed by atoms with E-state index in [1.165, 1.54) is 4.57 Å². The van der Waals surface area contributed by atoms with Crippen molar-refractivity contribution < 1.29 is 0 Å². The molecular formula is C14H14N4.